The number of carbonyl (C=O) groups excluding carboxylic acids is 1. The van der Waals surface area contributed by atoms with E-state index in [1.807, 2.05) is 24.3 Å². The summed E-state index contributed by atoms with van der Waals surface area (Å²) in [4.78, 5) is 11.4. The van der Waals surface area contributed by atoms with Crippen LogP contribution in [0.2, 0.25) is 0 Å². The molecule has 1 aromatic carbocycles. The van der Waals surface area contributed by atoms with Crippen LogP contribution in [0.15, 0.2) is 24.3 Å². The minimum atomic E-state index is -0.284. The predicted octanol–water partition coefficient (Wildman–Crippen LogP) is 1.01. The van der Waals surface area contributed by atoms with Crippen molar-refractivity contribution in [3.63, 3.8) is 0 Å². The van der Waals surface area contributed by atoms with Gasteiger partial charge in [-0.25, -0.2) is 4.79 Å². The molecule has 0 radical (unpaired) electrons. The van der Waals surface area contributed by atoms with Crippen LogP contribution >= 0.6 is 0 Å². The van der Waals surface area contributed by atoms with Crippen molar-refractivity contribution < 1.29 is 14.6 Å². The number of rotatable bonds is 6. The smallest absolute Gasteiger partial charge is 0.315 e. The van der Waals surface area contributed by atoms with Crippen molar-refractivity contribution in [2.75, 3.05) is 13.7 Å². The average Bonchev–Trinajstić information content (AvgIpc) is 2.37. The number of aliphatic hydroxyl groups excluding tert-OH is 1. The Kier molecular flexibility index (Phi) is 6.18. The second-order valence-electron chi connectivity index (χ2n) is 4.16. The van der Waals surface area contributed by atoms with E-state index in [9.17, 15) is 4.79 Å². The molecule has 2 amide bonds. The minimum absolute atomic E-state index is 0.0727. The average molecular weight is 252 g/mol. The Hall–Kier alpha value is -1.59. The zero-order valence-electron chi connectivity index (χ0n) is 10.8. The Morgan fingerprint density at radius 1 is 1.44 bits per heavy atom. The van der Waals surface area contributed by atoms with Gasteiger partial charge < -0.3 is 20.5 Å². The van der Waals surface area contributed by atoms with Crippen LogP contribution in [0, 0.1) is 0 Å². The number of methoxy groups -OCH3 is 1. The third kappa shape index (κ3) is 5.16. The second-order valence-corrected chi connectivity index (χ2v) is 4.16. The molecule has 0 aliphatic rings. The molecular weight excluding hydrogens is 232 g/mol. The molecule has 0 aliphatic heterocycles. The monoisotopic (exact) mass is 252 g/mol. The summed E-state index contributed by atoms with van der Waals surface area (Å²) in [6.07, 6.45) is 0. The van der Waals surface area contributed by atoms with Crippen LogP contribution < -0.4 is 10.6 Å². The topological polar surface area (TPSA) is 70.6 Å². The van der Waals surface area contributed by atoms with Crippen LogP contribution in [-0.2, 0) is 17.9 Å². The lowest BCUT2D eigenvalue weighted by Gasteiger charge is -2.12. The highest BCUT2D eigenvalue weighted by Gasteiger charge is 2.05. The number of urea groups is 1. The van der Waals surface area contributed by atoms with E-state index in [2.05, 4.69) is 10.6 Å². The Bertz CT molecular complexity index is 382. The summed E-state index contributed by atoms with van der Waals surface area (Å²) in [6.45, 7) is 2.67. The van der Waals surface area contributed by atoms with Gasteiger partial charge in [0, 0.05) is 13.7 Å². The molecular formula is C13H20N2O3. The van der Waals surface area contributed by atoms with Crippen LogP contribution in [0.5, 0.6) is 0 Å². The molecule has 5 heteroatoms. The van der Waals surface area contributed by atoms with E-state index in [-0.39, 0.29) is 18.7 Å². The number of benzene rings is 1. The molecule has 0 fully saturated rings. The summed E-state index contributed by atoms with van der Waals surface area (Å²) in [5, 5.41) is 14.2. The van der Waals surface area contributed by atoms with Gasteiger partial charge in [-0.15, -0.1) is 0 Å². The first kappa shape index (κ1) is 14.5. The van der Waals surface area contributed by atoms with Crippen LogP contribution in [0.3, 0.4) is 0 Å². The number of amides is 2. The molecule has 0 aromatic heterocycles. The van der Waals surface area contributed by atoms with Gasteiger partial charge in [0.2, 0.25) is 0 Å². The van der Waals surface area contributed by atoms with Gasteiger partial charge in [-0.3, -0.25) is 0 Å². The number of carbonyl (C=O) groups is 1. The molecule has 0 bridgehead atoms. The van der Waals surface area contributed by atoms with Crippen LogP contribution in [-0.4, -0.2) is 30.9 Å². The van der Waals surface area contributed by atoms with Crippen molar-refractivity contribution in [1.29, 1.82) is 0 Å². The molecule has 1 aromatic rings. The molecule has 3 N–H and O–H groups in total. The highest BCUT2D eigenvalue weighted by Crippen LogP contribution is 2.06. The quantitative estimate of drug-likeness (QED) is 0.707. The highest BCUT2D eigenvalue weighted by atomic mass is 16.5. The number of hydrogen-bond acceptors (Lipinski definition) is 3. The first-order valence-electron chi connectivity index (χ1n) is 5.87. The third-order valence-corrected chi connectivity index (χ3v) is 2.41. The van der Waals surface area contributed by atoms with Crippen molar-refractivity contribution in [3.05, 3.63) is 35.4 Å². The first-order valence-corrected chi connectivity index (χ1v) is 5.87. The number of ether oxygens (including phenoxy) is 1. The maximum atomic E-state index is 11.4. The number of hydrogen-bond donors (Lipinski definition) is 3. The summed E-state index contributed by atoms with van der Waals surface area (Å²) in [6, 6.07) is 7.30. The SMILES string of the molecule is COCc1cccc(CNC(=O)NC(C)CO)c1. The Morgan fingerprint density at radius 2 is 2.17 bits per heavy atom. The van der Waals surface area contributed by atoms with Gasteiger partial charge in [0.15, 0.2) is 0 Å². The van der Waals surface area contributed by atoms with Gasteiger partial charge in [-0.1, -0.05) is 24.3 Å². The molecule has 1 unspecified atom stereocenters. The summed E-state index contributed by atoms with van der Waals surface area (Å²) < 4.78 is 5.05. The largest absolute Gasteiger partial charge is 0.394 e. The Balaban J connectivity index is 2.43. The van der Waals surface area contributed by atoms with Gasteiger partial charge in [-0.05, 0) is 18.1 Å². The van der Waals surface area contributed by atoms with Crippen molar-refractivity contribution in [3.8, 4) is 0 Å². The molecule has 1 atom stereocenters. The van der Waals surface area contributed by atoms with E-state index >= 15 is 0 Å². The fourth-order valence-electron chi connectivity index (χ4n) is 1.50. The molecule has 0 spiro atoms. The van der Waals surface area contributed by atoms with Crippen molar-refractivity contribution in [2.45, 2.75) is 26.1 Å². The number of aliphatic hydroxyl groups is 1. The second kappa shape index (κ2) is 7.68. The van der Waals surface area contributed by atoms with Gasteiger partial charge in [0.25, 0.3) is 0 Å². The standard InChI is InChI=1S/C13H20N2O3/c1-10(8-16)15-13(17)14-7-11-4-3-5-12(6-11)9-18-2/h3-6,10,16H,7-9H2,1-2H3,(H2,14,15,17). The van der Waals surface area contributed by atoms with E-state index in [0.29, 0.717) is 13.2 Å². The lowest BCUT2D eigenvalue weighted by Crippen LogP contribution is -2.41. The molecule has 0 heterocycles. The lowest BCUT2D eigenvalue weighted by atomic mass is 10.1. The van der Waals surface area contributed by atoms with E-state index in [0.717, 1.165) is 11.1 Å². The van der Waals surface area contributed by atoms with E-state index < -0.39 is 0 Å². The zero-order valence-corrected chi connectivity index (χ0v) is 10.8. The van der Waals surface area contributed by atoms with Crippen LogP contribution in [0.1, 0.15) is 18.1 Å². The van der Waals surface area contributed by atoms with E-state index in [1.54, 1.807) is 14.0 Å². The summed E-state index contributed by atoms with van der Waals surface area (Å²) in [5.74, 6) is 0. The van der Waals surface area contributed by atoms with Gasteiger partial charge in [-0.2, -0.15) is 0 Å². The van der Waals surface area contributed by atoms with Crippen molar-refractivity contribution in [1.82, 2.24) is 10.6 Å². The molecule has 0 saturated carbocycles. The predicted molar refractivity (Wildman–Crippen MR) is 69.1 cm³/mol. The molecule has 0 aliphatic carbocycles. The van der Waals surface area contributed by atoms with Crippen LogP contribution in [0.25, 0.3) is 0 Å². The lowest BCUT2D eigenvalue weighted by molar-refractivity contribution is 0.185. The highest BCUT2D eigenvalue weighted by molar-refractivity contribution is 5.74. The molecule has 0 saturated heterocycles. The Labute approximate surface area is 107 Å². The third-order valence-electron chi connectivity index (χ3n) is 2.41. The minimum Gasteiger partial charge on any atom is -0.394 e. The fraction of sp³-hybridized carbons (Fsp3) is 0.462. The van der Waals surface area contributed by atoms with Gasteiger partial charge >= 0.3 is 6.03 Å². The summed E-state index contributed by atoms with van der Waals surface area (Å²) in [5.41, 5.74) is 2.08. The van der Waals surface area contributed by atoms with Gasteiger partial charge in [0.05, 0.1) is 19.3 Å². The first-order chi connectivity index (χ1) is 8.65. The zero-order chi connectivity index (χ0) is 13.4. The van der Waals surface area contributed by atoms with Gasteiger partial charge in [0.1, 0.15) is 0 Å². The maximum absolute atomic E-state index is 11.4. The fourth-order valence-corrected chi connectivity index (χ4v) is 1.50. The molecule has 100 valence electrons. The summed E-state index contributed by atoms with van der Waals surface area (Å²) in [7, 11) is 1.65. The van der Waals surface area contributed by atoms with Crippen molar-refractivity contribution >= 4 is 6.03 Å². The van der Waals surface area contributed by atoms with Crippen LogP contribution in [0.4, 0.5) is 4.79 Å². The molecule has 18 heavy (non-hydrogen) atoms. The van der Waals surface area contributed by atoms with E-state index in [4.69, 9.17) is 9.84 Å². The number of nitrogens with one attached hydrogen (secondary N) is 2. The van der Waals surface area contributed by atoms with E-state index in [1.165, 1.54) is 0 Å². The molecule has 1 rings (SSSR count). The Morgan fingerprint density at radius 3 is 2.83 bits per heavy atom. The van der Waals surface area contributed by atoms with Crippen molar-refractivity contribution in [2.24, 2.45) is 0 Å². The molecule has 5 nitrogen and oxygen atoms in total. The maximum Gasteiger partial charge on any atom is 0.315 e. The normalized spacial score (nSPS) is 11.9. The summed E-state index contributed by atoms with van der Waals surface area (Å²) >= 11 is 0.